The average Bonchev–Trinajstić information content (AvgIpc) is 3.10. The van der Waals surface area contributed by atoms with E-state index in [1.807, 2.05) is 47.4 Å². The van der Waals surface area contributed by atoms with E-state index in [0.29, 0.717) is 6.54 Å². The van der Waals surface area contributed by atoms with E-state index in [-0.39, 0.29) is 12.1 Å². The van der Waals surface area contributed by atoms with Crippen molar-refractivity contribution in [2.45, 2.75) is 18.9 Å². The van der Waals surface area contributed by atoms with E-state index < -0.39 is 0 Å². The van der Waals surface area contributed by atoms with Crippen LogP contribution in [0, 0.1) is 11.8 Å². The van der Waals surface area contributed by atoms with Crippen molar-refractivity contribution >= 4 is 6.03 Å². The fourth-order valence-electron chi connectivity index (χ4n) is 2.83. The molecule has 2 heterocycles. The molecule has 1 atom stereocenters. The second kappa shape index (κ2) is 7.46. The van der Waals surface area contributed by atoms with Gasteiger partial charge < -0.3 is 10.2 Å². The first-order valence-electron chi connectivity index (χ1n) is 7.83. The molecule has 1 aromatic heterocycles. The maximum Gasteiger partial charge on any atom is 0.318 e. The van der Waals surface area contributed by atoms with Gasteiger partial charge in [-0.3, -0.25) is 4.98 Å². The topological polar surface area (TPSA) is 45.2 Å². The molecule has 4 heteroatoms. The van der Waals surface area contributed by atoms with Gasteiger partial charge in [0.1, 0.15) is 0 Å². The van der Waals surface area contributed by atoms with Crippen LogP contribution >= 0.6 is 0 Å². The van der Waals surface area contributed by atoms with Crippen LogP contribution in [-0.2, 0) is 0 Å². The molecule has 1 aromatic carbocycles. The summed E-state index contributed by atoms with van der Waals surface area (Å²) in [6.07, 6.45) is 5.56. The van der Waals surface area contributed by atoms with Crippen LogP contribution in [0.5, 0.6) is 0 Å². The maximum absolute atomic E-state index is 12.4. The van der Waals surface area contributed by atoms with Crippen LogP contribution in [-0.4, -0.2) is 29.0 Å². The fraction of sp³-hybridized carbons (Fsp3) is 0.263. The number of carbonyl (C=O) groups excluding carboxylic acids is 1. The van der Waals surface area contributed by atoms with Crippen LogP contribution in [0.15, 0.2) is 54.9 Å². The van der Waals surface area contributed by atoms with Crippen molar-refractivity contribution in [2.75, 3.05) is 13.1 Å². The fourth-order valence-corrected chi connectivity index (χ4v) is 2.83. The van der Waals surface area contributed by atoms with Gasteiger partial charge in [-0.25, -0.2) is 4.79 Å². The quantitative estimate of drug-likeness (QED) is 0.867. The van der Waals surface area contributed by atoms with Crippen molar-refractivity contribution in [3.63, 3.8) is 0 Å². The minimum absolute atomic E-state index is 0.0494. The zero-order valence-corrected chi connectivity index (χ0v) is 12.9. The van der Waals surface area contributed by atoms with Gasteiger partial charge in [0.15, 0.2) is 0 Å². The van der Waals surface area contributed by atoms with Crippen molar-refractivity contribution in [3.05, 3.63) is 66.0 Å². The summed E-state index contributed by atoms with van der Waals surface area (Å²) in [5, 5.41) is 2.89. The molecule has 1 saturated heterocycles. The van der Waals surface area contributed by atoms with E-state index >= 15 is 0 Å². The highest BCUT2D eigenvalue weighted by molar-refractivity contribution is 5.75. The Morgan fingerprint density at radius 2 is 2.00 bits per heavy atom. The van der Waals surface area contributed by atoms with Crippen molar-refractivity contribution in [2.24, 2.45) is 0 Å². The molecule has 1 aliphatic rings. The van der Waals surface area contributed by atoms with E-state index in [1.165, 1.54) is 0 Å². The number of nitrogens with zero attached hydrogens (tertiary/aromatic N) is 2. The molecule has 0 bridgehead atoms. The van der Waals surface area contributed by atoms with Gasteiger partial charge in [0.2, 0.25) is 0 Å². The van der Waals surface area contributed by atoms with Crippen LogP contribution in [0.4, 0.5) is 4.79 Å². The Bertz CT molecular complexity index is 704. The molecule has 116 valence electrons. The third kappa shape index (κ3) is 3.89. The van der Waals surface area contributed by atoms with Crippen molar-refractivity contribution in [3.8, 4) is 11.8 Å². The lowest BCUT2D eigenvalue weighted by atomic mass is 10.1. The Hall–Kier alpha value is -2.80. The minimum atomic E-state index is -0.0494. The van der Waals surface area contributed by atoms with E-state index in [0.717, 1.165) is 30.5 Å². The molecule has 0 spiro atoms. The monoisotopic (exact) mass is 305 g/mol. The maximum atomic E-state index is 12.4. The van der Waals surface area contributed by atoms with Gasteiger partial charge in [-0.15, -0.1) is 0 Å². The van der Waals surface area contributed by atoms with Gasteiger partial charge in [0.05, 0.1) is 12.6 Å². The lowest BCUT2D eigenvalue weighted by molar-refractivity contribution is 0.194. The number of aromatic nitrogens is 1. The number of benzene rings is 1. The van der Waals surface area contributed by atoms with E-state index in [2.05, 4.69) is 22.1 Å². The Kier molecular flexibility index (Phi) is 4.90. The van der Waals surface area contributed by atoms with Crippen LogP contribution in [0.3, 0.4) is 0 Å². The number of carbonyl (C=O) groups is 1. The van der Waals surface area contributed by atoms with E-state index in [9.17, 15) is 4.79 Å². The first-order chi connectivity index (χ1) is 11.3. The van der Waals surface area contributed by atoms with E-state index in [1.54, 1.807) is 12.4 Å². The molecule has 1 aliphatic heterocycles. The molecule has 1 fully saturated rings. The van der Waals surface area contributed by atoms with Crippen molar-refractivity contribution < 1.29 is 4.79 Å². The SMILES string of the molecule is O=C(NCC#Cc1ccccc1)N1CCC[C@@H]1c1ccncc1. The average molecular weight is 305 g/mol. The number of hydrogen-bond acceptors (Lipinski definition) is 2. The Morgan fingerprint density at radius 1 is 1.22 bits per heavy atom. The third-order valence-electron chi connectivity index (χ3n) is 3.94. The summed E-state index contributed by atoms with van der Waals surface area (Å²) < 4.78 is 0. The second-order valence-electron chi connectivity index (χ2n) is 5.46. The molecule has 3 rings (SSSR count). The predicted molar refractivity (Wildman–Crippen MR) is 89.6 cm³/mol. The minimum Gasteiger partial charge on any atom is -0.327 e. The number of rotatable bonds is 2. The van der Waals surface area contributed by atoms with Crippen molar-refractivity contribution in [1.82, 2.24) is 15.2 Å². The van der Waals surface area contributed by atoms with Gasteiger partial charge in [-0.1, -0.05) is 30.0 Å². The molecule has 0 radical (unpaired) electrons. The molecule has 0 unspecified atom stereocenters. The number of likely N-dealkylation sites (tertiary alicyclic amines) is 1. The highest BCUT2D eigenvalue weighted by atomic mass is 16.2. The standard InChI is InChI=1S/C19H19N3O/c23-19(21-12-4-8-16-6-2-1-3-7-16)22-15-5-9-18(22)17-10-13-20-14-11-17/h1-3,6-7,10-11,13-14,18H,5,9,12,15H2,(H,21,23)/t18-/m1/s1. The molecule has 0 saturated carbocycles. The number of nitrogens with one attached hydrogen (secondary N) is 1. The first kappa shape index (κ1) is 15.1. The van der Waals surface area contributed by atoms with Gasteiger partial charge in [0, 0.05) is 24.5 Å². The van der Waals surface area contributed by atoms with Crippen LogP contribution in [0.1, 0.15) is 30.0 Å². The van der Waals surface area contributed by atoms with Crippen LogP contribution < -0.4 is 5.32 Å². The second-order valence-corrected chi connectivity index (χ2v) is 5.46. The summed E-state index contributed by atoms with van der Waals surface area (Å²) in [6.45, 7) is 1.14. The largest absolute Gasteiger partial charge is 0.327 e. The molecular weight excluding hydrogens is 286 g/mol. The van der Waals surface area contributed by atoms with Crippen LogP contribution in [0.2, 0.25) is 0 Å². The predicted octanol–water partition coefficient (Wildman–Crippen LogP) is 2.98. The number of amides is 2. The zero-order chi connectivity index (χ0) is 15.9. The molecule has 2 aromatic rings. The van der Waals surface area contributed by atoms with E-state index in [4.69, 9.17) is 0 Å². The molecule has 4 nitrogen and oxygen atoms in total. The zero-order valence-electron chi connectivity index (χ0n) is 12.9. The van der Waals surface area contributed by atoms with Gasteiger partial charge in [0.25, 0.3) is 0 Å². The smallest absolute Gasteiger partial charge is 0.318 e. The lowest BCUT2D eigenvalue weighted by Gasteiger charge is -2.24. The summed E-state index contributed by atoms with van der Waals surface area (Å²) in [4.78, 5) is 18.3. The van der Waals surface area contributed by atoms with Gasteiger partial charge >= 0.3 is 6.03 Å². The summed E-state index contributed by atoms with van der Waals surface area (Å²) >= 11 is 0. The lowest BCUT2D eigenvalue weighted by Crippen LogP contribution is -2.39. The first-order valence-corrected chi connectivity index (χ1v) is 7.83. The summed E-state index contributed by atoms with van der Waals surface area (Å²) in [7, 11) is 0. The van der Waals surface area contributed by atoms with Gasteiger partial charge in [-0.2, -0.15) is 0 Å². The summed E-state index contributed by atoms with van der Waals surface area (Å²) in [5.74, 6) is 6.03. The number of pyridine rings is 1. The van der Waals surface area contributed by atoms with Crippen molar-refractivity contribution in [1.29, 1.82) is 0 Å². The molecule has 1 N–H and O–H groups in total. The van der Waals surface area contributed by atoms with Gasteiger partial charge in [-0.05, 0) is 42.7 Å². The summed E-state index contributed by atoms with van der Waals surface area (Å²) in [6, 6.07) is 13.8. The normalized spacial score (nSPS) is 16.5. The highest BCUT2D eigenvalue weighted by Crippen LogP contribution is 2.31. The number of urea groups is 1. The Morgan fingerprint density at radius 3 is 2.78 bits per heavy atom. The summed E-state index contributed by atoms with van der Waals surface area (Å²) in [5.41, 5.74) is 2.10. The molecule has 2 amide bonds. The highest BCUT2D eigenvalue weighted by Gasteiger charge is 2.29. The molecule has 23 heavy (non-hydrogen) atoms. The Balaban J connectivity index is 1.57. The number of hydrogen-bond donors (Lipinski definition) is 1. The molecule has 0 aliphatic carbocycles. The third-order valence-corrected chi connectivity index (χ3v) is 3.94. The Labute approximate surface area is 136 Å². The van der Waals surface area contributed by atoms with Crippen LogP contribution in [0.25, 0.3) is 0 Å². The molecular formula is C19H19N3O.